The lowest BCUT2D eigenvalue weighted by Crippen LogP contribution is -2.23. The SMILES string of the molecule is CC(C)(C)C(=O)OCCCCCCCCCCCCOS(C)(=O)=O. The molecular weight excluding hydrogens is 328 g/mol. The van der Waals surface area contributed by atoms with Crippen molar-refractivity contribution >= 4 is 16.1 Å². The van der Waals surface area contributed by atoms with E-state index in [1.807, 2.05) is 20.8 Å². The standard InChI is InChI=1S/C18H36O5S/c1-18(2,3)17(19)22-15-13-11-9-7-5-6-8-10-12-14-16-23-24(4,20)21/h5-16H2,1-4H3. The Morgan fingerprint density at radius 3 is 1.50 bits per heavy atom. The Labute approximate surface area is 148 Å². The van der Waals surface area contributed by atoms with Gasteiger partial charge in [-0.2, -0.15) is 8.42 Å². The zero-order valence-electron chi connectivity index (χ0n) is 15.9. The molecule has 0 aliphatic rings. The predicted octanol–water partition coefficient (Wildman–Crippen LogP) is 4.45. The third-order valence-electron chi connectivity index (χ3n) is 3.68. The number of unbranched alkanes of at least 4 members (excludes halogenated alkanes) is 9. The molecule has 0 fully saturated rings. The molecular formula is C18H36O5S. The van der Waals surface area contributed by atoms with E-state index >= 15 is 0 Å². The maximum absolute atomic E-state index is 11.6. The van der Waals surface area contributed by atoms with Crippen molar-refractivity contribution in [1.82, 2.24) is 0 Å². The number of hydrogen-bond donors (Lipinski definition) is 0. The second kappa shape index (κ2) is 12.7. The number of rotatable bonds is 14. The van der Waals surface area contributed by atoms with Gasteiger partial charge in [-0.3, -0.25) is 8.98 Å². The fraction of sp³-hybridized carbons (Fsp3) is 0.944. The molecule has 0 aromatic heterocycles. The van der Waals surface area contributed by atoms with Gasteiger partial charge in [0.25, 0.3) is 10.1 Å². The van der Waals surface area contributed by atoms with Gasteiger partial charge in [-0.1, -0.05) is 51.4 Å². The predicted molar refractivity (Wildman–Crippen MR) is 97.4 cm³/mol. The normalized spacial score (nSPS) is 12.3. The van der Waals surface area contributed by atoms with Crippen LogP contribution >= 0.6 is 0 Å². The molecule has 0 saturated carbocycles. The summed E-state index contributed by atoms with van der Waals surface area (Å²) >= 11 is 0. The number of hydrogen-bond acceptors (Lipinski definition) is 5. The van der Waals surface area contributed by atoms with Gasteiger partial charge in [-0.15, -0.1) is 0 Å². The van der Waals surface area contributed by atoms with Gasteiger partial charge in [0.15, 0.2) is 0 Å². The highest BCUT2D eigenvalue weighted by molar-refractivity contribution is 7.85. The highest BCUT2D eigenvalue weighted by Crippen LogP contribution is 2.16. The Kier molecular flexibility index (Phi) is 12.4. The summed E-state index contributed by atoms with van der Waals surface area (Å²) in [7, 11) is -3.28. The zero-order valence-corrected chi connectivity index (χ0v) is 16.8. The average molecular weight is 365 g/mol. The monoisotopic (exact) mass is 364 g/mol. The van der Waals surface area contributed by atoms with Crippen LogP contribution in [0.3, 0.4) is 0 Å². The minimum absolute atomic E-state index is 0.121. The first-order valence-electron chi connectivity index (χ1n) is 9.14. The number of carbonyl (C=O) groups is 1. The summed E-state index contributed by atoms with van der Waals surface area (Å²) in [5.41, 5.74) is -0.406. The molecule has 24 heavy (non-hydrogen) atoms. The van der Waals surface area contributed by atoms with Crippen LogP contribution in [0.4, 0.5) is 0 Å². The van der Waals surface area contributed by atoms with E-state index in [9.17, 15) is 13.2 Å². The Hall–Kier alpha value is -0.620. The Bertz CT molecular complexity index is 423. The summed E-state index contributed by atoms with van der Waals surface area (Å²) in [6, 6.07) is 0. The van der Waals surface area contributed by atoms with Crippen LogP contribution in [-0.2, 0) is 23.8 Å². The molecule has 0 radical (unpaired) electrons. The molecule has 0 rings (SSSR count). The number of carbonyl (C=O) groups excluding carboxylic acids is 1. The lowest BCUT2D eigenvalue weighted by molar-refractivity contribution is -0.153. The molecule has 0 aromatic rings. The van der Waals surface area contributed by atoms with Crippen LogP contribution in [0.5, 0.6) is 0 Å². The molecule has 6 heteroatoms. The van der Waals surface area contributed by atoms with Gasteiger partial charge in [0.2, 0.25) is 0 Å². The molecule has 0 heterocycles. The third kappa shape index (κ3) is 16.2. The number of esters is 1. The van der Waals surface area contributed by atoms with Gasteiger partial charge >= 0.3 is 5.97 Å². The van der Waals surface area contributed by atoms with Gasteiger partial charge in [0.05, 0.1) is 24.9 Å². The fourth-order valence-corrected chi connectivity index (χ4v) is 2.63. The van der Waals surface area contributed by atoms with E-state index in [1.54, 1.807) is 0 Å². The zero-order chi connectivity index (χ0) is 18.5. The molecule has 0 aliphatic carbocycles. The van der Waals surface area contributed by atoms with Crippen molar-refractivity contribution in [1.29, 1.82) is 0 Å². The number of ether oxygens (including phenoxy) is 1. The topological polar surface area (TPSA) is 69.7 Å². The third-order valence-corrected chi connectivity index (χ3v) is 4.28. The quantitative estimate of drug-likeness (QED) is 0.259. The molecule has 0 atom stereocenters. The first-order valence-corrected chi connectivity index (χ1v) is 11.0. The lowest BCUT2D eigenvalue weighted by Gasteiger charge is -2.16. The van der Waals surface area contributed by atoms with E-state index in [2.05, 4.69) is 0 Å². The van der Waals surface area contributed by atoms with E-state index in [0.717, 1.165) is 38.4 Å². The van der Waals surface area contributed by atoms with Gasteiger partial charge < -0.3 is 4.74 Å². The van der Waals surface area contributed by atoms with Crippen molar-refractivity contribution in [3.63, 3.8) is 0 Å². The smallest absolute Gasteiger partial charge is 0.311 e. The van der Waals surface area contributed by atoms with Crippen LogP contribution in [0.15, 0.2) is 0 Å². The minimum atomic E-state index is -3.28. The summed E-state index contributed by atoms with van der Waals surface area (Å²) in [6.07, 6.45) is 12.2. The molecule has 0 amide bonds. The van der Waals surface area contributed by atoms with Gasteiger partial charge in [-0.05, 0) is 33.6 Å². The Balaban J connectivity index is 3.22. The van der Waals surface area contributed by atoms with E-state index in [0.29, 0.717) is 13.2 Å². The van der Waals surface area contributed by atoms with Crippen LogP contribution in [0, 0.1) is 5.41 Å². The van der Waals surface area contributed by atoms with Crippen molar-refractivity contribution in [3.8, 4) is 0 Å². The second-order valence-electron chi connectivity index (χ2n) is 7.45. The molecule has 0 aromatic carbocycles. The fourth-order valence-electron chi connectivity index (χ4n) is 2.21. The van der Waals surface area contributed by atoms with Crippen molar-refractivity contribution < 1.29 is 22.1 Å². The van der Waals surface area contributed by atoms with Crippen LogP contribution in [0.2, 0.25) is 0 Å². The summed E-state index contributed by atoms with van der Waals surface area (Å²) in [5, 5.41) is 0. The maximum Gasteiger partial charge on any atom is 0.311 e. The summed E-state index contributed by atoms with van der Waals surface area (Å²) < 4.78 is 31.5. The first-order chi connectivity index (χ1) is 11.1. The van der Waals surface area contributed by atoms with Gasteiger partial charge in [0, 0.05) is 0 Å². The van der Waals surface area contributed by atoms with Crippen molar-refractivity contribution in [2.24, 2.45) is 5.41 Å². The van der Waals surface area contributed by atoms with Crippen molar-refractivity contribution in [2.45, 2.75) is 85.0 Å². The second-order valence-corrected chi connectivity index (χ2v) is 9.09. The molecule has 0 unspecified atom stereocenters. The molecule has 0 spiro atoms. The van der Waals surface area contributed by atoms with E-state index < -0.39 is 15.5 Å². The maximum atomic E-state index is 11.6. The minimum Gasteiger partial charge on any atom is -0.465 e. The van der Waals surface area contributed by atoms with Crippen molar-refractivity contribution in [2.75, 3.05) is 19.5 Å². The first kappa shape index (κ1) is 23.4. The van der Waals surface area contributed by atoms with Gasteiger partial charge in [0.1, 0.15) is 0 Å². The van der Waals surface area contributed by atoms with Crippen LogP contribution in [0.25, 0.3) is 0 Å². The Morgan fingerprint density at radius 1 is 0.750 bits per heavy atom. The molecule has 0 bridgehead atoms. The van der Waals surface area contributed by atoms with E-state index in [1.165, 1.54) is 32.1 Å². The molecule has 0 aliphatic heterocycles. The van der Waals surface area contributed by atoms with Crippen LogP contribution in [-0.4, -0.2) is 33.9 Å². The molecule has 5 nitrogen and oxygen atoms in total. The summed E-state index contributed by atoms with van der Waals surface area (Å²) in [6.45, 7) is 6.44. The van der Waals surface area contributed by atoms with Crippen LogP contribution < -0.4 is 0 Å². The van der Waals surface area contributed by atoms with E-state index in [4.69, 9.17) is 8.92 Å². The molecule has 0 saturated heterocycles. The average Bonchev–Trinajstić information content (AvgIpc) is 2.45. The highest BCUT2D eigenvalue weighted by atomic mass is 32.2. The molecule has 0 N–H and O–H groups in total. The lowest BCUT2D eigenvalue weighted by atomic mass is 9.97. The van der Waals surface area contributed by atoms with Crippen LogP contribution in [0.1, 0.15) is 85.0 Å². The highest BCUT2D eigenvalue weighted by Gasteiger charge is 2.22. The Morgan fingerprint density at radius 2 is 1.12 bits per heavy atom. The largest absolute Gasteiger partial charge is 0.465 e. The molecule has 144 valence electrons. The van der Waals surface area contributed by atoms with E-state index in [-0.39, 0.29) is 5.97 Å². The van der Waals surface area contributed by atoms with Crippen molar-refractivity contribution in [3.05, 3.63) is 0 Å². The summed E-state index contributed by atoms with van der Waals surface area (Å²) in [5.74, 6) is -0.121. The van der Waals surface area contributed by atoms with Gasteiger partial charge in [-0.25, -0.2) is 0 Å². The summed E-state index contributed by atoms with van der Waals surface area (Å²) in [4.78, 5) is 11.6.